The fraction of sp³-hybridized carbons (Fsp3) is 0.364. The number of piperidine rings is 1. The lowest BCUT2D eigenvalue weighted by Crippen LogP contribution is -2.49. The number of fused-ring (bicyclic) bond motifs is 2. The van der Waals surface area contributed by atoms with Gasteiger partial charge in [0.25, 0.3) is 0 Å². The predicted molar refractivity (Wildman–Crippen MR) is 98.5 cm³/mol. The summed E-state index contributed by atoms with van der Waals surface area (Å²) in [6.45, 7) is 4.81. The molecule has 0 radical (unpaired) electrons. The molecule has 2 nitrogen and oxygen atoms in total. The summed E-state index contributed by atoms with van der Waals surface area (Å²) in [5, 5.41) is 11.3. The van der Waals surface area contributed by atoms with Crippen LogP contribution >= 0.6 is 0 Å². The third-order valence-electron chi connectivity index (χ3n) is 5.81. The summed E-state index contributed by atoms with van der Waals surface area (Å²) < 4.78 is 0. The Kier molecular flexibility index (Phi) is 4.03. The number of benzene rings is 2. The third-order valence-corrected chi connectivity index (χ3v) is 5.81. The van der Waals surface area contributed by atoms with Gasteiger partial charge in [-0.2, -0.15) is 0 Å². The maximum Gasteiger partial charge on any atom is 0.0926 e. The van der Waals surface area contributed by atoms with E-state index in [2.05, 4.69) is 66.1 Å². The summed E-state index contributed by atoms with van der Waals surface area (Å²) in [5.74, 6) is 0. The van der Waals surface area contributed by atoms with Gasteiger partial charge in [0, 0.05) is 18.6 Å². The third kappa shape index (κ3) is 2.81. The minimum absolute atomic E-state index is 0.480. The van der Waals surface area contributed by atoms with Crippen LogP contribution in [-0.2, 0) is 12.1 Å². The average molecular weight is 319 g/mol. The molecule has 2 aromatic carbocycles. The number of aliphatic hydroxyl groups is 1. The molecule has 24 heavy (non-hydrogen) atoms. The highest BCUT2D eigenvalue weighted by atomic mass is 16.3. The Labute approximate surface area is 144 Å². The molecule has 124 valence electrons. The lowest BCUT2D eigenvalue weighted by molar-refractivity contribution is -0.0595. The van der Waals surface area contributed by atoms with Gasteiger partial charge in [0.2, 0.25) is 0 Å². The van der Waals surface area contributed by atoms with Crippen molar-refractivity contribution in [1.29, 1.82) is 0 Å². The van der Waals surface area contributed by atoms with E-state index in [1.54, 1.807) is 0 Å². The topological polar surface area (TPSA) is 23.5 Å². The van der Waals surface area contributed by atoms with Crippen LogP contribution in [0.15, 0.2) is 61.2 Å². The summed E-state index contributed by atoms with van der Waals surface area (Å²) in [6, 6.07) is 19.9. The maximum atomic E-state index is 11.3. The largest absolute Gasteiger partial charge is 0.385 e. The second-order valence-corrected chi connectivity index (χ2v) is 7.31. The van der Waals surface area contributed by atoms with Gasteiger partial charge >= 0.3 is 0 Å². The number of nitrogens with zero attached hydrogens (tertiary/aromatic N) is 1. The second kappa shape index (κ2) is 6.19. The Morgan fingerprint density at radius 1 is 1.00 bits per heavy atom. The molecule has 0 aromatic heterocycles. The van der Waals surface area contributed by atoms with Crippen LogP contribution in [0.3, 0.4) is 0 Å². The van der Waals surface area contributed by atoms with Crippen molar-refractivity contribution >= 4 is 6.08 Å². The van der Waals surface area contributed by atoms with Gasteiger partial charge in [-0.3, -0.25) is 4.90 Å². The highest BCUT2D eigenvalue weighted by Gasteiger charge is 2.47. The van der Waals surface area contributed by atoms with Crippen molar-refractivity contribution in [2.45, 2.75) is 49.9 Å². The smallest absolute Gasteiger partial charge is 0.0926 e. The van der Waals surface area contributed by atoms with Gasteiger partial charge in [-0.25, -0.2) is 0 Å². The fourth-order valence-corrected chi connectivity index (χ4v) is 4.53. The van der Waals surface area contributed by atoms with Gasteiger partial charge in [0.15, 0.2) is 0 Å². The number of hydrogen-bond donors (Lipinski definition) is 1. The SMILES string of the molecule is C=Cc1ccc(C2(O)CC3CCC(C2)N3Cc2ccccc2)cc1. The molecule has 2 heterocycles. The van der Waals surface area contributed by atoms with Gasteiger partial charge in [-0.05, 0) is 42.4 Å². The lowest BCUT2D eigenvalue weighted by atomic mass is 9.80. The molecule has 0 spiro atoms. The summed E-state index contributed by atoms with van der Waals surface area (Å²) >= 11 is 0. The zero-order chi connectivity index (χ0) is 16.6. The van der Waals surface area contributed by atoms with Crippen molar-refractivity contribution in [3.63, 3.8) is 0 Å². The van der Waals surface area contributed by atoms with Crippen molar-refractivity contribution in [3.8, 4) is 0 Å². The van der Waals surface area contributed by atoms with E-state index in [0.29, 0.717) is 12.1 Å². The normalized spacial score (nSPS) is 29.5. The van der Waals surface area contributed by atoms with Crippen molar-refractivity contribution in [2.75, 3.05) is 0 Å². The van der Waals surface area contributed by atoms with Crippen LogP contribution < -0.4 is 0 Å². The molecular weight excluding hydrogens is 294 g/mol. The first kappa shape index (κ1) is 15.6. The molecule has 2 atom stereocenters. The highest BCUT2D eigenvalue weighted by molar-refractivity contribution is 5.48. The standard InChI is InChI=1S/C22H25NO/c1-2-17-8-10-19(11-9-17)22(24)14-20-12-13-21(15-22)23(20)16-18-6-4-3-5-7-18/h2-11,20-21,24H,1,12-16H2. The lowest BCUT2D eigenvalue weighted by Gasteiger charge is -2.44. The zero-order valence-electron chi connectivity index (χ0n) is 14.1. The Bertz CT molecular complexity index is 693. The molecule has 4 rings (SSSR count). The molecule has 2 unspecified atom stereocenters. The van der Waals surface area contributed by atoms with E-state index in [4.69, 9.17) is 0 Å². The Balaban J connectivity index is 1.53. The van der Waals surface area contributed by atoms with E-state index in [1.165, 1.54) is 18.4 Å². The van der Waals surface area contributed by atoms with E-state index in [-0.39, 0.29) is 0 Å². The van der Waals surface area contributed by atoms with Crippen LogP contribution in [0.1, 0.15) is 42.4 Å². The first-order chi connectivity index (χ1) is 11.7. The fourth-order valence-electron chi connectivity index (χ4n) is 4.53. The minimum Gasteiger partial charge on any atom is -0.385 e. The molecule has 0 saturated carbocycles. The monoisotopic (exact) mass is 319 g/mol. The molecule has 2 saturated heterocycles. The highest BCUT2D eigenvalue weighted by Crippen LogP contribution is 2.46. The quantitative estimate of drug-likeness (QED) is 0.906. The summed E-state index contributed by atoms with van der Waals surface area (Å²) in [6.07, 6.45) is 5.92. The molecule has 0 aliphatic carbocycles. The van der Waals surface area contributed by atoms with Gasteiger partial charge in [-0.15, -0.1) is 0 Å². The Morgan fingerprint density at radius 3 is 2.21 bits per heavy atom. The van der Waals surface area contributed by atoms with Crippen molar-refractivity contribution in [3.05, 3.63) is 77.9 Å². The molecule has 2 aliphatic heterocycles. The van der Waals surface area contributed by atoms with E-state index in [0.717, 1.165) is 30.5 Å². The molecule has 2 aromatic rings. The van der Waals surface area contributed by atoms with E-state index < -0.39 is 5.60 Å². The predicted octanol–water partition coefficient (Wildman–Crippen LogP) is 4.34. The van der Waals surface area contributed by atoms with Crippen LogP contribution in [0.4, 0.5) is 0 Å². The van der Waals surface area contributed by atoms with Crippen LogP contribution in [0.5, 0.6) is 0 Å². The molecule has 1 N–H and O–H groups in total. The first-order valence-corrected chi connectivity index (χ1v) is 8.93. The van der Waals surface area contributed by atoms with E-state index in [9.17, 15) is 5.11 Å². The average Bonchev–Trinajstić information content (AvgIpc) is 2.86. The zero-order valence-corrected chi connectivity index (χ0v) is 14.1. The molecule has 2 aliphatic rings. The maximum absolute atomic E-state index is 11.3. The number of rotatable bonds is 4. The molecule has 2 heteroatoms. The second-order valence-electron chi connectivity index (χ2n) is 7.31. The van der Waals surface area contributed by atoms with Crippen LogP contribution in [0.25, 0.3) is 6.08 Å². The van der Waals surface area contributed by atoms with Gasteiger partial charge in [0.05, 0.1) is 5.60 Å². The first-order valence-electron chi connectivity index (χ1n) is 8.93. The van der Waals surface area contributed by atoms with E-state index in [1.807, 2.05) is 6.08 Å². The van der Waals surface area contributed by atoms with Gasteiger partial charge in [0.1, 0.15) is 0 Å². The Morgan fingerprint density at radius 2 is 1.62 bits per heavy atom. The summed E-state index contributed by atoms with van der Waals surface area (Å²) in [5.41, 5.74) is 2.85. The minimum atomic E-state index is -0.682. The summed E-state index contributed by atoms with van der Waals surface area (Å²) in [7, 11) is 0. The summed E-state index contributed by atoms with van der Waals surface area (Å²) in [4.78, 5) is 2.61. The molecular formula is C22H25NO. The molecule has 2 bridgehead atoms. The van der Waals surface area contributed by atoms with E-state index >= 15 is 0 Å². The van der Waals surface area contributed by atoms with Crippen molar-refractivity contribution in [2.24, 2.45) is 0 Å². The van der Waals surface area contributed by atoms with Crippen molar-refractivity contribution in [1.82, 2.24) is 4.90 Å². The van der Waals surface area contributed by atoms with Crippen molar-refractivity contribution < 1.29 is 5.11 Å². The van der Waals surface area contributed by atoms with Crippen LogP contribution in [0, 0.1) is 0 Å². The Hall–Kier alpha value is -1.90. The number of hydrogen-bond acceptors (Lipinski definition) is 2. The van der Waals surface area contributed by atoms with Gasteiger partial charge < -0.3 is 5.11 Å². The van der Waals surface area contributed by atoms with Gasteiger partial charge in [-0.1, -0.05) is 67.3 Å². The molecule has 2 fully saturated rings. The van der Waals surface area contributed by atoms with Crippen LogP contribution in [-0.4, -0.2) is 22.1 Å². The van der Waals surface area contributed by atoms with Crippen LogP contribution in [0.2, 0.25) is 0 Å². The molecule has 0 amide bonds.